The third-order valence-corrected chi connectivity index (χ3v) is 11.2. The maximum atomic E-state index is 12.9. The number of carbonyl (C=O) groups is 1. The average Bonchev–Trinajstić information content (AvgIpc) is 3.43. The molecule has 180 valence electrons. The van der Waals surface area contributed by atoms with Gasteiger partial charge in [0.05, 0.1) is 0 Å². The quantitative estimate of drug-likeness (QED) is 0.254. The fraction of sp³-hybridized carbons (Fsp3) is 0.179. The number of nitrogens with one attached hydrogen (secondary N) is 1. The molecule has 5 rings (SSSR count). The fourth-order valence-electron chi connectivity index (χ4n) is 4.59. The summed E-state index contributed by atoms with van der Waals surface area (Å²) in [4.78, 5) is 27.6. The number of nitrogens with zero attached hydrogens (tertiary/aromatic N) is 1. The van der Waals surface area contributed by atoms with E-state index < -0.39 is 7.49 Å². The number of hydrogen-bond donors (Lipinski definition) is 3. The molecule has 3 aromatic carbocycles. The van der Waals surface area contributed by atoms with Gasteiger partial charge >= 0.3 is 154 Å². The second-order valence-corrected chi connectivity index (χ2v) is 13.7. The molecular weight excluding hydrogens is 473 g/mol. The van der Waals surface area contributed by atoms with Gasteiger partial charge in [-0.15, -0.1) is 11.3 Å². The van der Waals surface area contributed by atoms with Gasteiger partial charge in [0, 0.05) is 4.88 Å². The van der Waals surface area contributed by atoms with Crippen LogP contribution in [0.4, 0.5) is 11.4 Å². The van der Waals surface area contributed by atoms with Crippen LogP contribution in [0.15, 0.2) is 90.3 Å². The Morgan fingerprint density at radius 2 is 1.71 bits per heavy atom. The number of rotatable bonds is 6. The molecule has 1 aliphatic rings. The van der Waals surface area contributed by atoms with Gasteiger partial charge in [-0.2, -0.15) is 0 Å². The normalized spacial score (nSPS) is 16.5. The number of benzene rings is 3. The first-order chi connectivity index (χ1) is 17.0. The molecule has 2 heterocycles. The SMILES string of the molecule is Nc1ccc(-c2cccs2)cc1NC(=O)c1ccc(CN2CC[PH](O)(c3ccccc3)CC2)cc1. The monoisotopic (exact) mass is 503 g/mol. The second-order valence-electron chi connectivity index (χ2n) is 9.10. The van der Waals surface area contributed by atoms with Gasteiger partial charge in [-0.1, -0.05) is 12.1 Å². The molecule has 1 aliphatic heterocycles. The summed E-state index contributed by atoms with van der Waals surface area (Å²) in [6.45, 7) is 2.59. The van der Waals surface area contributed by atoms with Crippen LogP contribution < -0.4 is 16.4 Å². The Bertz CT molecular complexity index is 1290. The van der Waals surface area contributed by atoms with Gasteiger partial charge in [0.15, 0.2) is 0 Å². The number of carbonyl (C=O) groups excluding carboxylic acids is 1. The van der Waals surface area contributed by atoms with Crippen LogP contribution in [0.25, 0.3) is 10.4 Å². The molecule has 35 heavy (non-hydrogen) atoms. The van der Waals surface area contributed by atoms with Crippen LogP contribution in [-0.4, -0.2) is 41.1 Å². The van der Waals surface area contributed by atoms with Gasteiger partial charge in [0.1, 0.15) is 0 Å². The average molecular weight is 504 g/mol. The van der Waals surface area contributed by atoms with E-state index in [1.165, 1.54) is 0 Å². The van der Waals surface area contributed by atoms with Crippen LogP contribution in [0.1, 0.15) is 15.9 Å². The molecule has 4 N–H and O–H groups in total. The van der Waals surface area contributed by atoms with Crippen LogP contribution in [0, 0.1) is 0 Å². The molecule has 0 unspecified atom stereocenters. The van der Waals surface area contributed by atoms with E-state index in [1.54, 1.807) is 11.3 Å². The molecule has 1 aromatic heterocycles. The van der Waals surface area contributed by atoms with Gasteiger partial charge in [0.25, 0.3) is 0 Å². The van der Waals surface area contributed by atoms with Crippen molar-refractivity contribution in [1.82, 2.24) is 4.90 Å². The Morgan fingerprint density at radius 1 is 0.971 bits per heavy atom. The number of anilines is 2. The zero-order chi connectivity index (χ0) is 24.3. The zero-order valence-electron chi connectivity index (χ0n) is 19.5. The Kier molecular flexibility index (Phi) is 6.98. The summed E-state index contributed by atoms with van der Waals surface area (Å²) in [5.74, 6) is -0.177. The molecule has 0 radical (unpaired) electrons. The van der Waals surface area contributed by atoms with Crippen LogP contribution in [0.5, 0.6) is 0 Å². The molecule has 5 nitrogen and oxygen atoms in total. The molecular formula is C28H30N3O2PS. The third kappa shape index (κ3) is 5.47. The first kappa shape index (κ1) is 23.7. The van der Waals surface area contributed by atoms with E-state index in [-0.39, 0.29) is 5.91 Å². The van der Waals surface area contributed by atoms with Gasteiger partial charge in [-0.25, -0.2) is 0 Å². The fourth-order valence-corrected chi connectivity index (χ4v) is 8.33. The molecule has 0 spiro atoms. The third-order valence-electron chi connectivity index (χ3n) is 6.72. The minimum absolute atomic E-state index is 0.177. The summed E-state index contributed by atoms with van der Waals surface area (Å²) in [5.41, 5.74) is 10.1. The number of thiophene rings is 1. The van der Waals surface area contributed by atoms with Crippen molar-refractivity contribution < 1.29 is 9.69 Å². The summed E-state index contributed by atoms with van der Waals surface area (Å²) in [5, 5.41) is 6.13. The van der Waals surface area contributed by atoms with Crippen LogP contribution >= 0.6 is 18.8 Å². The molecule has 1 saturated heterocycles. The summed E-state index contributed by atoms with van der Waals surface area (Å²) >= 11 is 1.65. The molecule has 0 bridgehead atoms. The van der Waals surface area contributed by atoms with Crippen LogP contribution in [0.3, 0.4) is 0 Å². The Hall–Kier alpha value is -3.02. The molecule has 1 fully saturated rings. The van der Waals surface area contributed by atoms with Crippen molar-refractivity contribution in [2.45, 2.75) is 6.54 Å². The van der Waals surface area contributed by atoms with Crippen molar-refractivity contribution >= 4 is 41.4 Å². The van der Waals surface area contributed by atoms with E-state index in [0.29, 0.717) is 16.9 Å². The van der Waals surface area contributed by atoms with Crippen LogP contribution in [-0.2, 0) is 6.54 Å². The van der Waals surface area contributed by atoms with E-state index >= 15 is 0 Å². The standard InChI is InChI=1S/C28H30N3O2PS/c29-25-13-12-23(27-7-4-18-35-27)19-26(25)30-28(32)22-10-8-21(9-11-22)20-31-14-16-34(33,17-15-31)24-5-2-1-3-6-24/h1-13,18-19,33-34H,14-17,20,29H2,(H,30,32). The Morgan fingerprint density at radius 3 is 2.40 bits per heavy atom. The molecule has 4 aromatic rings. The predicted molar refractivity (Wildman–Crippen MR) is 150 cm³/mol. The summed E-state index contributed by atoms with van der Waals surface area (Å²) in [6, 6.07) is 27.7. The number of amides is 1. The maximum absolute atomic E-state index is 12.9. The molecule has 0 atom stereocenters. The Labute approximate surface area is 210 Å². The topological polar surface area (TPSA) is 78.6 Å². The van der Waals surface area contributed by atoms with Gasteiger partial charge in [-0.05, 0) is 23.1 Å². The molecule has 0 saturated carbocycles. The van der Waals surface area contributed by atoms with Crippen molar-refractivity contribution in [2.24, 2.45) is 0 Å². The van der Waals surface area contributed by atoms with Crippen molar-refractivity contribution in [3.8, 4) is 10.4 Å². The van der Waals surface area contributed by atoms with Gasteiger partial charge in [0.2, 0.25) is 0 Å². The van der Waals surface area contributed by atoms with Crippen molar-refractivity contribution in [3.63, 3.8) is 0 Å². The number of hydrogen-bond acceptors (Lipinski definition) is 5. The van der Waals surface area contributed by atoms with Crippen molar-refractivity contribution in [1.29, 1.82) is 0 Å². The van der Waals surface area contributed by atoms with E-state index in [4.69, 9.17) is 5.73 Å². The molecule has 0 aliphatic carbocycles. The minimum atomic E-state index is -2.36. The summed E-state index contributed by atoms with van der Waals surface area (Å²) in [6.07, 6.45) is 1.70. The van der Waals surface area contributed by atoms with E-state index in [1.807, 2.05) is 78.2 Å². The predicted octanol–water partition coefficient (Wildman–Crippen LogP) is 5.05. The van der Waals surface area contributed by atoms with Crippen LogP contribution in [0.2, 0.25) is 0 Å². The second kappa shape index (κ2) is 10.3. The van der Waals surface area contributed by atoms with E-state index in [9.17, 15) is 9.69 Å². The number of nitrogens with two attached hydrogens (primary N) is 1. The van der Waals surface area contributed by atoms with Crippen molar-refractivity contribution in [2.75, 3.05) is 36.5 Å². The molecule has 7 heteroatoms. The van der Waals surface area contributed by atoms with Gasteiger partial charge in [-0.3, -0.25) is 0 Å². The summed E-state index contributed by atoms with van der Waals surface area (Å²) in [7, 11) is -2.36. The van der Waals surface area contributed by atoms with Crippen molar-refractivity contribution in [3.05, 3.63) is 101 Å². The van der Waals surface area contributed by atoms with E-state index in [0.717, 1.165) is 53.3 Å². The zero-order valence-corrected chi connectivity index (χ0v) is 21.3. The first-order valence-electron chi connectivity index (χ1n) is 11.8. The van der Waals surface area contributed by atoms with E-state index in [2.05, 4.69) is 22.3 Å². The number of nitrogen functional groups attached to an aromatic ring is 1. The Balaban J connectivity index is 1.19. The van der Waals surface area contributed by atoms with Gasteiger partial charge < -0.3 is 5.73 Å². The summed E-state index contributed by atoms with van der Waals surface area (Å²) < 4.78 is 0. The first-order valence-corrected chi connectivity index (χ1v) is 15.1. The molecule has 1 amide bonds.